The van der Waals surface area contributed by atoms with E-state index < -0.39 is 0 Å². The quantitative estimate of drug-likeness (QED) is 0.906. The zero-order chi connectivity index (χ0) is 14.5. The maximum atomic E-state index is 12.4. The third-order valence-corrected chi connectivity index (χ3v) is 4.34. The van der Waals surface area contributed by atoms with Crippen molar-refractivity contribution < 1.29 is 9.53 Å². The highest BCUT2D eigenvalue weighted by Crippen LogP contribution is 2.29. The standard InChI is InChI=1S/C17H24N2O2/c20-17(21-13-15-4-2-1-3-5-15)19(16-6-7-16)12-14-8-10-18-11-9-14/h1-5,14,16,18H,6-13H2. The Labute approximate surface area is 126 Å². The Morgan fingerprint density at radius 1 is 1.14 bits per heavy atom. The van der Waals surface area contributed by atoms with Gasteiger partial charge in [0.25, 0.3) is 0 Å². The molecule has 3 rings (SSSR count). The van der Waals surface area contributed by atoms with Gasteiger partial charge in [-0.05, 0) is 50.3 Å². The van der Waals surface area contributed by atoms with Gasteiger partial charge >= 0.3 is 6.09 Å². The Kier molecular flexibility index (Phi) is 4.76. The Bertz CT molecular complexity index is 453. The Balaban J connectivity index is 1.52. The number of nitrogens with one attached hydrogen (secondary N) is 1. The van der Waals surface area contributed by atoms with Gasteiger partial charge in [0.2, 0.25) is 0 Å². The number of piperidine rings is 1. The molecule has 1 N–H and O–H groups in total. The Morgan fingerprint density at radius 2 is 1.86 bits per heavy atom. The van der Waals surface area contributed by atoms with Crippen LogP contribution in [-0.2, 0) is 11.3 Å². The van der Waals surface area contributed by atoms with Crippen molar-refractivity contribution in [2.45, 2.75) is 38.3 Å². The summed E-state index contributed by atoms with van der Waals surface area (Å²) in [6.45, 7) is 3.37. The molecule has 0 bridgehead atoms. The molecule has 0 radical (unpaired) electrons. The van der Waals surface area contributed by atoms with Crippen molar-refractivity contribution >= 4 is 6.09 Å². The second-order valence-electron chi connectivity index (χ2n) is 6.12. The van der Waals surface area contributed by atoms with Crippen LogP contribution in [0, 0.1) is 5.92 Å². The molecular formula is C17H24N2O2. The molecular weight excluding hydrogens is 264 g/mol. The highest BCUT2D eigenvalue weighted by molar-refractivity contribution is 5.68. The van der Waals surface area contributed by atoms with Crippen LogP contribution < -0.4 is 5.32 Å². The molecule has 1 amide bonds. The minimum atomic E-state index is -0.139. The van der Waals surface area contributed by atoms with Crippen LogP contribution in [-0.4, -0.2) is 36.7 Å². The first kappa shape index (κ1) is 14.4. The van der Waals surface area contributed by atoms with Gasteiger partial charge in [0.15, 0.2) is 0 Å². The fourth-order valence-corrected chi connectivity index (χ4v) is 2.90. The fourth-order valence-electron chi connectivity index (χ4n) is 2.90. The second-order valence-corrected chi connectivity index (χ2v) is 6.12. The minimum Gasteiger partial charge on any atom is -0.445 e. The van der Waals surface area contributed by atoms with Crippen molar-refractivity contribution in [2.75, 3.05) is 19.6 Å². The van der Waals surface area contributed by atoms with E-state index in [9.17, 15) is 4.79 Å². The summed E-state index contributed by atoms with van der Waals surface area (Å²) in [7, 11) is 0. The summed E-state index contributed by atoms with van der Waals surface area (Å²) < 4.78 is 5.50. The van der Waals surface area contributed by atoms with Gasteiger partial charge in [-0.2, -0.15) is 0 Å². The van der Waals surface area contributed by atoms with Gasteiger partial charge in [-0.15, -0.1) is 0 Å². The van der Waals surface area contributed by atoms with Crippen LogP contribution in [0.25, 0.3) is 0 Å². The lowest BCUT2D eigenvalue weighted by Crippen LogP contribution is -2.40. The van der Waals surface area contributed by atoms with Crippen LogP contribution >= 0.6 is 0 Å². The number of benzene rings is 1. The number of carbonyl (C=O) groups excluding carboxylic acids is 1. The van der Waals surface area contributed by atoms with Crippen LogP contribution in [0.1, 0.15) is 31.2 Å². The highest BCUT2D eigenvalue weighted by atomic mass is 16.6. The fraction of sp³-hybridized carbons (Fsp3) is 0.588. The molecule has 0 spiro atoms. The molecule has 4 nitrogen and oxygen atoms in total. The van der Waals surface area contributed by atoms with Gasteiger partial charge in [0.1, 0.15) is 6.61 Å². The van der Waals surface area contributed by atoms with Gasteiger partial charge in [-0.1, -0.05) is 30.3 Å². The summed E-state index contributed by atoms with van der Waals surface area (Å²) in [5, 5.41) is 3.37. The van der Waals surface area contributed by atoms with Gasteiger partial charge in [-0.25, -0.2) is 4.79 Å². The van der Waals surface area contributed by atoms with Gasteiger partial charge in [-0.3, -0.25) is 0 Å². The van der Waals surface area contributed by atoms with E-state index in [0.717, 1.165) is 50.9 Å². The molecule has 114 valence electrons. The summed E-state index contributed by atoms with van der Waals surface area (Å²) in [4.78, 5) is 14.3. The zero-order valence-corrected chi connectivity index (χ0v) is 12.5. The van der Waals surface area contributed by atoms with E-state index >= 15 is 0 Å². The highest BCUT2D eigenvalue weighted by Gasteiger charge is 2.35. The Morgan fingerprint density at radius 3 is 2.52 bits per heavy atom. The number of hydrogen-bond donors (Lipinski definition) is 1. The van der Waals surface area contributed by atoms with E-state index in [-0.39, 0.29) is 6.09 Å². The third-order valence-electron chi connectivity index (χ3n) is 4.34. The zero-order valence-electron chi connectivity index (χ0n) is 12.5. The summed E-state index contributed by atoms with van der Waals surface area (Å²) >= 11 is 0. The Hall–Kier alpha value is -1.55. The lowest BCUT2D eigenvalue weighted by atomic mass is 9.97. The summed E-state index contributed by atoms with van der Waals surface area (Å²) in [6.07, 6.45) is 4.45. The van der Waals surface area contributed by atoms with Crippen molar-refractivity contribution in [3.05, 3.63) is 35.9 Å². The van der Waals surface area contributed by atoms with Crippen molar-refractivity contribution in [1.82, 2.24) is 10.2 Å². The summed E-state index contributed by atoms with van der Waals surface area (Å²) in [5.74, 6) is 0.621. The maximum absolute atomic E-state index is 12.4. The molecule has 0 aromatic heterocycles. The summed E-state index contributed by atoms with van der Waals surface area (Å²) in [5.41, 5.74) is 1.04. The minimum absolute atomic E-state index is 0.139. The molecule has 1 saturated heterocycles. The molecule has 1 aromatic carbocycles. The number of ether oxygens (including phenoxy) is 1. The number of amides is 1. The third kappa shape index (κ3) is 4.21. The average Bonchev–Trinajstić information content (AvgIpc) is 3.37. The number of hydrogen-bond acceptors (Lipinski definition) is 3. The van der Waals surface area contributed by atoms with Crippen LogP contribution in [0.15, 0.2) is 30.3 Å². The molecule has 21 heavy (non-hydrogen) atoms. The summed E-state index contributed by atoms with van der Waals surface area (Å²) in [6, 6.07) is 10.3. The van der Waals surface area contributed by atoms with Gasteiger partial charge in [0.05, 0.1) is 0 Å². The van der Waals surface area contributed by atoms with Crippen molar-refractivity contribution in [1.29, 1.82) is 0 Å². The second kappa shape index (κ2) is 6.94. The van der Waals surface area contributed by atoms with Crippen LogP contribution in [0.4, 0.5) is 4.79 Å². The lowest BCUT2D eigenvalue weighted by Gasteiger charge is -2.29. The molecule has 0 atom stereocenters. The van der Waals surface area contributed by atoms with Crippen LogP contribution in [0.2, 0.25) is 0 Å². The van der Waals surface area contributed by atoms with Gasteiger partial charge in [0, 0.05) is 12.6 Å². The smallest absolute Gasteiger partial charge is 0.410 e. The molecule has 2 aliphatic rings. The molecule has 1 saturated carbocycles. The molecule has 1 aromatic rings. The van der Waals surface area contributed by atoms with Crippen LogP contribution in [0.3, 0.4) is 0 Å². The van der Waals surface area contributed by atoms with Crippen molar-refractivity contribution in [3.8, 4) is 0 Å². The first-order valence-electron chi connectivity index (χ1n) is 8.01. The number of rotatable bonds is 5. The predicted octanol–water partition coefficient (Wildman–Crippen LogP) is 2.79. The first-order chi connectivity index (χ1) is 10.3. The van der Waals surface area contributed by atoms with E-state index in [1.807, 2.05) is 35.2 Å². The van der Waals surface area contributed by atoms with E-state index in [0.29, 0.717) is 18.6 Å². The number of nitrogens with zero attached hydrogens (tertiary/aromatic N) is 1. The van der Waals surface area contributed by atoms with E-state index in [1.165, 1.54) is 0 Å². The van der Waals surface area contributed by atoms with Crippen molar-refractivity contribution in [3.63, 3.8) is 0 Å². The maximum Gasteiger partial charge on any atom is 0.410 e. The largest absolute Gasteiger partial charge is 0.445 e. The average molecular weight is 288 g/mol. The van der Waals surface area contributed by atoms with E-state index in [2.05, 4.69) is 5.32 Å². The normalized spacial score (nSPS) is 19.2. The van der Waals surface area contributed by atoms with E-state index in [1.54, 1.807) is 0 Å². The molecule has 1 aliphatic heterocycles. The molecule has 1 heterocycles. The van der Waals surface area contributed by atoms with E-state index in [4.69, 9.17) is 4.74 Å². The molecule has 2 fully saturated rings. The molecule has 4 heteroatoms. The molecule has 1 aliphatic carbocycles. The topological polar surface area (TPSA) is 41.6 Å². The van der Waals surface area contributed by atoms with Crippen molar-refractivity contribution in [2.24, 2.45) is 5.92 Å². The van der Waals surface area contributed by atoms with Gasteiger partial charge < -0.3 is 15.0 Å². The SMILES string of the molecule is O=C(OCc1ccccc1)N(CC1CCNCC1)C1CC1. The first-order valence-corrected chi connectivity index (χ1v) is 8.01. The lowest BCUT2D eigenvalue weighted by molar-refractivity contribution is 0.0847. The number of carbonyl (C=O) groups is 1. The van der Waals surface area contributed by atoms with Crippen LogP contribution in [0.5, 0.6) is 0 Å². The monoisotopic (exact) mass is 288 g/mol. The molecule has 0 unspecified atom stereocenters. The predicted molar refractivity (Wildman–Crippen MR) is 81.9 cm³/mol.